The van der Waals surface area contributed by atoms with Crippen molar-refractivity contribution in [3.63, 3.8) is 0 Å². The van der Waals surface area contributed by atoms with E-state index in [2.05, 4.69) is 5.32 Å². The summed E-state index contributed by atoms with van der Waals surface area (Å²) in [6.07, 6.45) is 2.17. The van der Waals surface area contributed by atoms with Gasteiger partial charge in [0.2, 0.25) is 11.8 Å². The molecule has 2 amide bonds. The van der Waals surface area contributed by atoms with Crippen LogP contribution in [0.25, 0.3) is 0 Å². The average Bonchev–Trinajstić information content (AvgIpc) is 2.95. The minimum atomic E-state index is -4.09. The van der Waals surface area contributed by atoms with Crippen LogP contribution >= 0.6 is 0 Å². The van der Waals surface area contributed by atoms with E-state index in [1.165, 1.54) is 21.3 Å². The van der Waals surface area contributed by atoms with E-state index in [1.54, 1.807) is 30.3 Å². The van der Waals surface area contributed by atoms with Crippen molar-refractivity contribution < 1.29 is 18.0 Å². The molecule has 0 spiro atoms. The van der Waals surface area contributed by atoms with E-state index in [0.717, 1.165) is 35.1 Å². The highest BCUT2D eigenvalue weighted by Crippen LogP contribution is 2.29. The van der Waals surface area contributed by atoms with Gasteiger partial charge in [-0.05, 0) is 68.5 Å². The molecule has 3 rings (SSSR count). The van der Waals surface area contributed by atoms with Gasteiger partial charge in [0.15, 0.2) is 0 Å². The maximum Gasteiger partial charge on any atom is 0.264 e. The van der Waals surface area contributed by atoms with Crippen LogP contribution in [0.4, 0.5) is 5.69 Å². The van der Waals surface area contributed by atoms with Gasteiger partial charge in [-0.25, -0.2) is 8.42 Å². The van der Waals surface area contributed by atoms with Crippen molar-refractivity contribution in [2.24, 2.45) is 0 Å². The highest BCUT2D eigenvalue weighted by atomic mass is 32.2. The molecule has 0 unspecified atom stereocenters. The van der Waals surface area contributed by atoms with Crippen molar-refractivity contribution in [1.29, 1.82) is 0 Å². The van der Waals surface area contributed by atoms with E-state index in [1.807, 2.05) is 65.0 Å². The first-order chi connectivity index (χ1) is 19.1. The lowest BCUT2D eigenvalue weighted by atomic mass is 10.1. The summed E-state index contributed by atoms with van der Waals surface area (Å²) in [6, 6.07) is 20.6. The normalized spacial score (nSPS) is 12.0. The van der Waals surface area contributed by atoms with Crippen LogP contribution in [-0.2, 0) is 26.2 Å². The Hall–Kier alpha value is -3.65. The van der Waals surface area contributed by atoms with E-state index in [4.69, 9.17) is 0 Å². The summed E-state index contributed by atoms with van der Waals surface area (Å²) in [4.78, 5) is 29.0. The van der Waals surface area contributed by atoms with Crippen molar-refractivity contribution in [2.75, 3.05) is 17.4 Å². The first kappa shape index (κ1) is 30.9. The highest BCUT2D eigenvalue weighted by molar-refractivity contribution is 7.92. The standard InChI is InChI=1S/C32H41N3O4S/c1-6-8-21-33-32(37)29(7-2)34(22-27-19-17-24(3)18-20-27)31(36)23-35(30-16-12-13-25(4)26(30)5)40(38,39)28-14-10-9-11-15-28/h9-20,29H,6-8,21-23H2,1-5H3,(H,33,37)/t29-/m1/s1. The lowest BCUT2D eigenvalue weighted by Crippen LogP contribution is -2.52. The number of nitrogens with zero attached hydrogens (tertiary/aromatic N) is 2. The molecule has 0 aliphatic carbocycles. The summed E-state index contributed by atoms with van der Waals surface area (Å²) in [7, 11) is -4.09. The molecule has 40 heavy (non-hydrogen) atoms. The number of carbonyl (C=O) groups excluding carboxylic acids is 2. The fourth-order valence-electron chi connectivity index (χ4n) is 4.55. The van der Waals surface area contributed by atoms with Gasteiger partial charge < -0.3 is 10.2 Å². The Bertz CT molecular complexity index is 1390. The summed E-state index contributed by atoms with van der Waals surface area (Å²) in [5.41, 5.74) is 4.07. The molecule has 0 aromatic heterocycles. The van der Waals surface area contributed by atoms with Crippen LogP contribution in [0.15, 0.2) is 77.7 Å². The molecule has 0 aliphatic heterocycles. The number of benzene rings is 3. The van der Waals surface area contributed by atoms with Gasteiger partial charge in [-0.1, -0.05) is 80.4 Å². The minimum Gasteiger partial charge on any atom is -0.354 e. The van der Waals surface area contributed by atoms with Crippen molar-refractivity contribution in [1.82, 2.24) is 10.2 Å². The quantitative estimate of drug-likeness (QED) is 0.277. The molecule has 214 valence electrons. The Kier molecular flexibility index (Phi) is 10.9. The molecule has 0 saturated carbocycles. The Labute approximate surface area is 239 Å². The second-order valence-electron chi connectivity index (χ2n) is 10.1. The predicted octanol–water partition coefficient (Wildman–Crippen LogP) is 5.53. The zero-order chi connectivity index (χ0) is 29.3. The summed E-state index contributed by atoms with van der Waals surface area (Å²) in [5.74, 6) is -0.681. The third kappa shape index (κ3) is 7.50. The molecule has 7 nitrogen and oxygen atoms in total. The number of amides is 2. The van der Waals surface area contributed by atoms with Gasteiger partial charge in [0.05, 0.1) is 10.6 Å². The van der Waals surface area contributed by atoms with Gasteiger partial charge in [0.1, 0.15) is 12.6 Å². The Morgan fingerprint density at radius 1 is 0.875 bits per heavy atom. The smallest absolute Gasteiger partial charge is 0.264 e. The van der Waals surface area contributed by atoms with Crippen LogP contribution in [0.1, 0.15) is 55.4 Å². The predicted molar refractivity (Wildman–Crippen MR) is 161 cm³/mol. The van der Waals surface area contributed by atoms with E-state index in [-0.39, 0.29) is 17.3 Å². The lowest BCUT2D eigenvalue weighted by Gasteiger charge is -2.33. The van der Waals surface area contributed by atoms with Gasteiger partial charge >= 0.3 is 0 Å². The monoisotopic (exact) mass is 563 g/mol. The van der Waals surface area contributed by atoms with Crippen molar-refractivity contribution in [2.45, 2.75) is 71.4 Å². The van der Waals surface area contributed by atoms with E-state index < -0.39 is 28.5 Å². The second-order valence-corrected chi connectivity index (χ2v) is 12.0. The van der Waals surface area contributed by atoms with Crippen molar-refractivity contribution in [3.8, 4) is 0 Å². The number of hydrogen-bond acceptors (Lipinski definition) is 4. The number of hydrogen-bond donors (Lipinski definition) is 1. The largest absolute Gasteiger partial charge is 0.354 e. The maximum atomic E-state index is 14.1. The molecule has 0 aliphatic rings. The van der Waals surface area contributed by atoms with Gasteiger partial charge in [-0.3, -0.25) is 13.9 Å². The van der Waals surface area contributed by atoms with Gasteiger partial charge in [0, 0.05) is 13.1 Å². The molecule has 8 heteroatoms. The number of unbranched alkanes of at least 4 members (excludes halogenated alkanes) is 1. The Balaban J connectivity index is 2.06. The second kappa shape index (κ2) is 14.1. The van der Waals surface area contributed by atoms with Crippen LogP contribution in [0.2, 0.25) is 0 Å². The Morgan fingerprint density at radius 3 is 2.17 bits per heavy atom. The van der Waals surface area contributed by atoms with E-state index >= 15 is 0 Å². The first-order valence-electron chi connectivity index (χ1n) is 13.9. The van der Waals surface area contributed by atoms with Crippen LogP contribution in [-0.4, -0.2) is 44.3 Å². The van der Waals surface area contributed by atoms with Gasteiger partial charge in [-0.15, -0.1) is 0 Å². The van der Waals surface area contributed by atoms with E-state index in [9.17, 15) is 18.0 Å². The molecule has 3 aromatic rings. The summed E-state index contributed by atoms with van der Waals surface area (Å²) in [5, 5.41) is 2.96. The first-order valence-corrected chi connectivity index (χ1v) is 15.3. The van der Waals surface area contributed by atoms with Crippen molar-refractivity contribution >= 4 is 27.5 Å². The zero-order valence-electron chi connectivity index (χ0n) is 24.2. The molecular formula is C32H41N3O4S. The SMILES string of the molecule is CCCCNC(=O)[C@@H](CC)N(Cc1ccc(C)cc1)C(=O)CN(c1cccc(C)c1C)S(=O)(=O)c1ccccc1. The lowest BCUT2D eigenvalue weighted by molar-refractivity contribution is -0.140. The van der Waals surface area contributed by atoms with Crippen LogP contribution in [0.5, 0.6) is 0 Å². The molecule has 0 fully saturated rings. The van der Waals surface area contributed by atoms with Crippen LogP contribution < -0.4 is 9.62 Å². The van der Waals surface area contributed by atoms with Crippen molar-refractivity contribution in [3.05, 3.63) is 95.1 Å². The molecule has 0 saturated heterocycles. The molecule has 0 bridgehead atoms. The van der Waals surface area contributed by atoms with Crippen LogP contribution in [0.3, 0.4) is 0 Å². The fourth-order valence-corrected chi connectivity index (χ4v) is 6.05. The zero-order valence-corrected chi connectivity index (χ0v) is 25.0. The summed E-state index contributed by atoms with van der Waals surface area (Å²) in [6.45, 7) is 9.92. The number of aryl methyl sites for hydroxylation is 2. The molecule has 1 atom stereocenters. The number of carbonyl (C=O) groups is 2. The highest BCUT2D eigenvalue weighted by Gasteiger charge is 2.34. The summed E-state index contributed by atoms with van der Waals surface area (Å²) >= 11 is 0. The topological polar surface area (TPSA) is 86.8 Å². The summed E-state index contributed by atoms with van der Waals surface area (Å²) < 4.78 is 29.1. The van der Waals surface area contributed by atoms with Gasteiger partial charge in [-0.2, -0.15) is 0 Å². The third-order valence-electron chi connectivity index (χ3n) is 7.14. The third-order valence-corrected chi connectivity index (χ3v) is 8.92. The number of anilines is 1. The number of rotatable bonds is 13. The molecule has 1 N–H and O–H groups in total. The van der Waals surface area contributed by atoms with Gasteiger partial charge in [0.25, 0.3) is 10.0 Å². The average molecular weight is 564 g/mol. The Morgan fingerprint density at radius 2 is 1.55 bits per heavy atom. The van der Waals surface area contributed by atoms with Crippen LogP contribution in [0, 0.1) is 20.8 Å². The number of sulfonamides is 1. The molecule has 0 radical (unpaired) electrons. The number of nitrogens with one attached hydrogen (secondary N) is 1. The minimum absolute atomic E-state index is 0.0955. The van der Waals surface area contributed by atoms with E-state index in [0.29, 0.717) is 18.7 Å². The molecule has 3 aromatic carbocycles. The molecule has 0 heterocycles. The maximum absolute atomic E-state index is 14.1. The fraction of sp³-hybridized carbons (Fsp3) is 0.375. The molecular weight excluding hydrogens is 522 g/mol.